The van der Waals surface area contributed by atoms with E-state index in [1.807, 2.05) is 20.8 Å². The molecule has 5 nitrogen and oxygen atoms in total. The Labute approximate surface area is 97.2 Å². The number of likely N-dealkylation sites (N-methyl/N-ethyl adjacent to an activating group) is 1. The topological polar surface area (TPSA) is 84.2 Å². The zero-order valence-electron chi connectivity index (χ0n) is 10.4. The van der Waals surface area contributed by atoms with Gasteiger partial charge in [-0.2, -0.15) is 0 Å². The van der Waals surface area contributed by atoms with Gasteiger partial charge in [-0.05, 0) is 19.8 Å². The molecule has 0 aliphatic rings. The Morgan fingerprint density at radius 3 is 2.25 bits per heavy atom. The van der Waals surface area contributed by atoms with E-state index in [4.69, 9.17) is 5.73 Å². The molecular weight excluding hydrogens is 206 g/mol. The highest BCUT2D eigenvalue weighted by Crippen LogP contribution is 1.98. The van der Waals surface area contributed by atoms with Crippen LogP contribution in [0.3, 0.4) is 0 Å². The van der Waals surface area contributed by atoms with Crippen LogP contribution >= 0.6 is 0 Å². The summed E-state index contributed by atoms with van der Waals surface area (Å²) in [5.74, 6) is -0.395. The second-order valence-electron chi connectivity index (χ2n) is 3.76. The summed E-state index contributed by atoms with van der Waals surface area (Å²) in [6.07, 6.45) is 2.04. The van der Waals surface area contributed by atoms with Crippen molar-refractivity contribution in [2.75, 3.05) is 6.54 Å². The molecule has 0 bridgehead atoms. The van der Waals surface area contributed by atoms with Crippen molar-refractivity contribution in [1.29, 1.82) is 0 Å². The second kappa shape index (κ2) is 8.10. The Balaban J connectivity index is 4.32. The fourth-order valence-electron chi connectivity index (χ4n) is 1.32. The summed E-state index contributed by atoms with van der Waals surface area (Å²) in [5, 5.41) is 5.38. The van der Waals surface area contributed by atoms with Crippen LogP contribution in [0, 0.1) is 0 Å². The Kier molecular flexibility index (Phi) is 7.54. The van der Waals surface area contributed by atoms with Gasteiger partial charge in [0.15, 0.2) is 0 Å². The Morgan fingerprint density at radius 2 is 1.81 bits per heavy atom. The van der Waals surface area contributed by atoms with Crippen LogP contribution in [-0.4, -0.2) is 30.4 Å². The van der Waals surface area contributed by atoms with Crippen molar-refractivity contribution >= 4 is 11.8 Å². The van der Waals surface area contributed by atoms with Crippen molar-refractivity contribution in [3.05, 3.63) is 0 Å². The highest BCUT2D eigenvalue weighted by atomic mass is 16.2. The molecule has 0 aromatic carbocycles. The largest absolute Gasteiger partial charge is 0.355 e. The summed E-state index contributed by atoms with van der Waals surface area (Å²) >= 11 is 0. The van der Waals surface area contributed by atoms with Gasteiger partial charge in [0.25, 0.3) is 0 Å². The van der Waals surface area contributed by atoms with Crippen LogP contribution in [0.4, 0.5) is 0 Å². The van der Waals surface area contributed by atoms with Gasteiger partial charge in [0.1, 0.15) is 6.04 Å². The van der Waals surface area contributed by atoms with Gasteiger partial charge in [0.05, 0.1) is 6.04 Å². The maximum atomic E-state index is 11.6. The first-order chi connectivity index (χ1) is 7.56. The lowest BCUT2D eigenvalue weighted by molar-refractivity contribution is -0.129. The molecule has 4 N–H and O–H groups in total. The van der Waals surface area contributed by atoms with E-state index in [0.717, 1.165) is 6.42 Å². The molecule has 0 aromatic heterocycles. The highest BCUT2D eigenvalue weighted by Gasteiger charge is 2.21. The summed E-state index contributed by atoms with van der Waals surface area (Å²) in [7, 11) is 0. The number of hydrogen-bond acceptors (Lipinski definition) is 3. The lowest BCUT2D eigenvalue weighted by atomic mass is 10.1. The molecule has 2 amide bonds. The zero-order valence-corrected chi connectivity index (χ0v) is 10.4. The number of hydrogen-bond donors (Lipinski definition) is 3. The minimum absolute atomic E-state index is 0.138. The van der Waals surface area contributed by atoms with E-state index in [2.05, 4.69) is 10.6 Å². The van der Waals surface area contributed by atoms with Crippen LogP contribution in [0.15, 0.2) is 0 Å². The van der Waals surface area contributed by atoms with E-state index < -0.39 is 12.1 Å². The first-order valence-corrected chi connectivity index (χ1v) is 5.90. The standard InChI is InChI=1S/C11H23N3O2/c1-4-7-9(11(16)13-6-3)14-10(15)8(12)5-2/h8-9H,4-7,12H2,1-3H3,(H,13,16)(H,14,15)/t8-,9-/m1/s1. The van der Waals surface area contributed by atoms with E-state index in [1.54, 1.807) is 0 Å². The molecule has 94 valence electrons. The number of carbonyl (C=O) groups excluding carboxylic acids is 2. The predicted octanol–water partition coefficient (Wildman–Crippen LogP) is 0.145. The Morgan fingerprint density at radius 1 is 1.19 bits per heavy atom. The predicted molar refractivity (Wildman–Crippen MR) is 63.8 cm³/mol. The Bertz CT molecular complexity index is 229. The van der Waals surface area contributed by atoms with Crippen LogP contribution in [-0.2, 0) is 9.59 Å². The van der Waals surface area contributed by atoms with Crippen molar-refractivity contribution in [1.82, 2.24) is 10.6 Å². The van der Waals surface area contributed by atoms with Crippen molar-refractivity contribution in [2.24, 2.45) is 5.73 Å². The van der Waals surface area contributed by atoms with E-state index in [9.17, 15) is 9.59 Å². The summed E-state index contributed by atoms with van der Waals surface area (Å²) in [4.78, 5) is 23.2. The van der Waals surface area contributed by atoms with E-state index in [0.29, 0.717) is 19.4 Å². The summed E-state index contributed by atoms with van der Waals surface area (Å²) < 4.78 is 0. The van der Waals surface area contributed by atoms with Gasteiger partial charge in [-0.15, -0.1) is 0 Å². The average molecular weight is 229 g/mol. The molecule has 0 saturated heterocycles. The molecule has 0 unspecified atom stereocenters. The fourth-order valence-corrected chi connectivity index (χ4v) is 1.32. The van der Waals surface area contributed by atoms with Crippen molar-refractivity contribution in [3.63, 3.8) is 0 Å². The van der Waals surface area contributed by atoms with Crippen LogP contribution < -0.4 is 16.4 Å². The number of nitrogens with two attached hydrogens (primary N) is 1. The quantitative estimate of drug-likeness (QED) is 0.581. The molecule has 0 heterocycles. The SMILES string of the molecule is CCC[C@@H](NC(=O)[C@H](N)CC)C(=O)NCC. The van der Waals surface area contributed by atoms with Gasteiger partial charge in [-0.1, -0.05) is 20.3 Å². The molecule has 0 aromatic rings. The van der Waals surface area contributed by atoms with Gasteiger partial charge >= 0.3 is 0 Å². The number of amides is 2. The van der Waals surface area contributed by atoms with Gasteiger partial charge in [-0.25, -0.2) is 0 Å². The molecule has 0 rings (SSSR count). The van der Waals surface area contributed by atoms with E-state index in [1.165, 1.54) is 0 Å². The molecule has 0 radical (unpaired) electrons. The monoisotopic (exact) mass is 229 g/mol. The second-order valence-corrected chi connectivity index (χ2v) is 3.76. The zero-order chi connectivity index (χ0) is 12.6. The number of rotatable bonds is 7. The first kappa shape index (κ1) is 14.9. The summed E-state index contributed by atoms with van der Waals surface area (Å²) in [6.45, 7) is 6.22. The summed E-state index contributed by atoms with van der Waals surface area (Å²) in [6, 6.07) is -0.996. The average Bonchev–Trinajstić information content (AvgIpc) is 2.27. The minimum atomic E-state index is -0.534. The summed E-state index contributed by atoms with van der Waals surface area (Å²) in [5.41, 5.74) is 5.59. The third kappa shape index (κ3) is 5.11. The van der Waals surface area contributed by atoms with E-state index >= 15 is 0 Å². The van der Waals surface area contributed by atoms with Crippen molar-refractivity contribution in [3.8, 4) is 0 Å². The number of nitrogens with one attached hydrogen (secondary N) is 2. The van der Waals surface area contributed by atoms with Crippen LogP contribution in [0.5, 0.6) is 0 Å². The fraction of sp³-hybridized carbons (Fsp3) is 0.818. The molecule has 0 aliphatic heterocycles. The number of carbonyl (C=O) groups is 2. The van der Waals surface area contributed by atoms with Gasteiger partial charge in [0.2, 0.25) is 11.8 Å². The van der Waals surface area contributed by atoms with Gasteiger partial charge < -0.3 is 16.4 Å². The van der Waals surface area contributed by atoms with Crippen molar-refractivity contribution in [2.45, 2.75) is 52.1 Å². The molecule has 16 heavy (non-hydrogen) atoms. The first-order valence-electron chi connectivity index (χ1n) is 5.90. The molecule has 0 spiro atoms. The lowest BCUT2D eigenvalue weighted by Gasteiger charge is -2.19. The maximum absolute atomic E-state index is 11.6. The van der Waals surface area contributed by atoms with Crippen LogP contribution in [0.1, 0.15) is 40.0 Å². The van der Waals surface area contributed by atoms with Crippen LogP contribution in [0.25, 0.3) is 0 Å². The molecule has 0 saturated carbocycles. The lowest BCUT2D eigenvalue weighted by Crippen LogP contribution is -2.51. The third-order valence-corrected chi connectivity index (χ3v) is 2.34. The van der Waals surface area contributed by atoms with E-state index in [-0.39, 0.29) is 11.8 Å². The highest BCUT2D eigenvalue weighted by molar-refractivity contribution is 5.89. The minimum Gasteiger partial charge on any atom is -0.355 e. The Hall–Kier alpha value is -1.10. The van der Waals surface area contributed by atoms with Gasteiger partial charge in [0, 0.05) is 6.54 Å². The smallest absolute Gasteiger partial charge is 0.242 e. The molecule has 0 fully saturated rings. The molecule has 5 heteroatoms. The molecule has 2 atom stereocenters. The van der Waals surface area contributed by atoms with Crippen molar-refractivity contribution < 1.29 is 9.59 Å². The van der Waals surface area contributed by atoms with Gasteiger partial charge in [-0.3, -0.25) is 9.59 Å². The molecular formula is C11H23N3O2. The third-order valence-electron chi connectivity index (χ3n) is 2.34. The molecule has 0 aliphatic carbocycles. The van der Waals surface area contributed by atoms with Crippen LogP contribution in [0.2, 0.25) is 0 Å². The normalized spacial score (nSPS) is 14.0. The maximum Gasteiger partial charge on any atom is 0.242 e.